The molecule has 2 aromatic rings. The Morgan fingerprint density at radius 2 is 1.52 bits per heavy atom. The van der Waals surface area contributed by atoms with Gasteiger partial charge in [-0.1, -0.05) is 23.2 Å². The molecule has 0 saturated carbocycles. The van der Waals surface area contributed by atoms with Crippen molar-refractivity contribution in [2.24, 2.45) is 12.8 Å². The Morgan fingerprint density at radius 1 is 0.966 bits per heavy atom. The van der Waals surface area contributed by atoms with Gasteiger partial charge in [0.15, 0.2) is 0 Å². The third kappa shape index (κ3) is 4.16. The Kier molecular flexibility index (Phi) is 6.01. The maximum absolute atomic E-state index is 12.9. The first kappa shape index (κ1) is 22.1. The second-order valence-corrected chi connectivity index (χ2v) is 11.1. The number of benzene rings is 1. The van der Waals surface area contributed by atoms with Gasteiger partial charge < -0.3 is 10.3 Å². The van der Waals surface area contributed by atoms with Crippen molar-refractivity contribution >= 4 is 49.2 Å². The number of hydrogen-bond acceptors (Lipinski definition) is 5. The summed E-state index contributed by atoms with van der Waals surface area (Å²) >= 11 is 11.9. The molecule has 0 atom stereocenters. The van der Waals surface area contributed by atoms with Crippen LogP contribution in [0.3, 0.4) is 0 Å². The van der Waals surface area contributed by atoms with Gasteiger partial charge in [-0.15, -0.1) is 0 Å². The lowest BCUT2D eigenvalue weighted by molar-refractivity contribution is 0.0992. The molecule has 29 heavy (non-hydrogen) atoms. The normalized spacial score (nSPS) is 16.8. The number of aromatic nitrogens is 1. The SMILES string of the molecule is Cn1cc(S(=O)(=O)N2CCN(S(=O)(=O)c3cc(Cl)ccc3Cl)CC2)cc1C(N)=O. The van der Waals surface area contributed by atoms with Gasteiger partial charge in [0.2, 0.25) is 20.0 Å². The minimum Gasteiger partial charge on any atom is -0.364 e. The summed E-state index contributed by atoms with van der Waals surface area (Å²) in [7, 11) is -6.33. The topological polar surface area (TPSA) is 123 Å². The molecule has 0 aliphatic carbocycles. The number of primary amides is 1. The third-order valence-corrected chi connectivity index (χ3v) is 9.06. The highest BCUT2D eigenvalue weighted by atomic mass is 35.5. The molecule has 1 aliphatic rings. The van der Waals surface area contributed by atoms with Crippen LogP contribution in [0.1, 0.15) is 10.5 Å². The second kappa shape index (κ2) is 7.89. The monoisotopic (exact) mass is 480 g/mol. The lowest BCUT2D eigenvalue weighted by Crippen LogP contribution is -2.50. The number of piperazine rings is 1. The first-order chi connectivity index (χ1) is 13.4. The molecule has 1 aliphatic heterocycles. The van der Waals surface area contributed by atoms with Gasteiger partial charge in [0, 0.05) is 44.4 Å². The molecule has 0 unspecified atom stereocenters. The van der Waals surface area contributed by atoms with E-state index in [1.807, 2.05) is 0 Å². The van der Waals surface area contributed by atoms with Gasteiger partial charge >= 0.3 is 0 Å². The van der Waals surface area contributed by atoms with Crippen LogP contribution in [0.2, 0.25) is 10.0 Å². The summed E-state index contributed by atoms with van der Waals surface area (Å²) in [5, 5.41) is 0.260. The number of nitrogens with two attached hydrogens (primary N) is 1. The van der Waals surface area contributed by atoms with Gasteiger partial charge in [0.1, 0.15) is 15.5 Å². The molecule has 2 N–H and O–H groups in total. The highest BCUT2D eigenvalue weighted by molar-refractivity contribution is 7.89. The van der Waals surface area contributed by atoms with Crippen molar-refractivity contribution in [2.45, 2.75) is 9.79 Å². The zero-order valence-electron chi connectivity index (χ0n) is 15.2. The van der Waals surface area contributed by atoms with Crippen LogP contribution in [0.15, 0.2) is 40.3 Å². The lowest BCUT2D eigenvalue weighted by atomic mass is 10.4. The second-order valence-electron chi connectivity index (χ2n) is 6.42. The van der Waals surface area contributed by atoms with Crippen LogP contribution in [-0.2, 0) is 27.1 Å². The highest BCUT2D eigenvalue weighted by Gasteiger charge is 2.35. The van der Waals surface area contributed by atoms with Gasteiger partial charge in [0.05, 0.1) is 5.02 Å². The molecule has 1 fully saturated rings. The molecule has 0 radical (unpaired) electrons. The quantitative estimate of drug-likeness (QED) is 0.686. The first-order valence-electron chi connectivity index (χ1n) is 8.36. The van der Waals surface area contributed by atoms with E-state index in [2.05, 4.69) is 0 Å². The van der Waals surface area contributed by atoms with Gasteiger partial charge in [-0.2, -0.15) is 8.61 Å². The fraction of sp³-hybridized carbons (Fsp3) is 0.312. The lowest BCUT2D eigenvalue weighted by Gasteiger charge is -2.33. The molecule has 1 aromatic heterocycles. The summed E-state index contributed by atoms with van der Waals surface area (Å²) in [5.74, 6) is -0.747. The summed E-state index contributed by atoms with van der Waals surface area (Å²) in [5.41, 5.74) is 5.29. The predicted octanol–water partition coefficient (Wildman–Crippen LogP) is 1.13. The summed E-state index contributed by atoms with van der Waals surface area (Å²) < 4.78 is 55.1. The molecule has 3 rings (SSSR count). The summed E-state index contributed by atoms with van der Waals surface area (Å²) in [6.07, 6.45) is 1.30. The van der Waals surface area contributed by atoms with Crippen molar-refractivity contribution in [3.8, 4) is 0 Å². The van der Waals surface area contributed by atoms with Crippen molar-refractivity contribution in [2.75, 3.05) is 26.2 Å². The first-order valence-corrected chi connectivity index (χ1v) is 12.0. The molecule has 0 spiro atoms. The standard InChI is InChI=1S/C16H18Cl2N4O5S2/c1-20-10-12(9-14(20)16(19)23)28(24,25)21-4-6-22(7-5-21)29(26,27)15-8-11(17)2-3-13(15)18/h2-3,8-10H,4-7H2,1H3,(H2,19,23). The number of carbonyl (C=O) groups is 1. The Hall–Kier alpha value is -1.63. The Morgan fingerprint density at radius 3 is 2.03 bits per heavy atom. The van der Waals surface area contributed by atoms with Crippen LogP contribution >= 0.6 is 23.2 Å². The van der Waals surface area contributed by atoms with E-state index in [-0.39, 0.29) is 51.7 Å². The van der Waals surface area contributed by atoms with Gasteiger partial charge in [0.25, 0.3) is 5.91 Å². The van der Waals surface area contributed by atoms with Crippen molar-refractivity contribution < 1.29 is 21.6 Å². The van der Waals surface area contributed by atoms with Crippen LogP contribution < -0.4 is 5.73 Å². The van der Waals surface area contributed by atoms with Crippen LogP contribution in [-0.4, -0.2) is 62.1 Å². The van der Waals surface area contributed by atoms with Crippen LogP contribution in [0, 0.1) is 0 Å². The predicted molar refractivity (Wildman–Crippen MR) is 108 cm³/mol. The summed E-state index contributed by atoms with van der Waals surface area (Å²) in [6.45, 7) is -0.221. The molecule has 9 nitrogen and oxygen atoms in total. The van der Waals surface area contributed by atoms with Crippen LogP contribution in [0.5, 0.6) is 0 Å². The fourth-order valence-corrected chi connectivity index (χ4v) is 6.69. The Bertz CT molecular complexity index is 1170. The van der Waals surface area contributed by atoms with Crippen LogP contribution in [0.4, 0.5) is 0 Å². The van der Waals surface area contributed by atoms with Crippen molar-refractivity contribution in [3.05, 3.63) is 46.2 Å². The molecular weight excluding hydrogens is 463 g/mol. The molecule has 1 aromatic carbocycles. The van der Waals surface area contributed by atoms with E-state index in [0.717, 1.165) is 4.31 Å². The summed E-state index contributed by atoms with van der Waals surface area (Å²) in [4.78, 5) is 11.2. The molecule has 2 heterocycles. The number of aryl methyl sites for hydroxylation is 1. The minimum absolute atomic E-state index is 0.0349. The van der Waals surface area contributed by atoms with Crippen LogP contribution in [0.25, 0.3) is 0 Å². The number of carbonyl (C=O) groups excluding carboxylic acids is 1. The number of amides is 1. The fourth-order valence-electron chi connectivity index (χ4n) is 3.03. The zero-order valence-corrected chi connectivity index (χ0v) is 18.4. The Balaban J connectivity index is 1.80. The number of sulfonamides is 2. The number of hydrogen-bond donors (Lipinski definition) is 1. The summed E-state index contributed by atoms with van der Waals surface area (Å²) in [6, 6.07) is 5.33. The number of rotatable bonds is 5. The van der Waals surface area contributed by atoms with E-state index >= 15 is 0 Å². The van der Waals surface area contributed by atoms with Crippen molar-refractivity contribution in [1.82, 2.24) is 13.2 Å². The maximum Gasteiger partial charge on any atom is 0.265 e. The van der Waals surface area contributed by atoms with E-state index < -0.39 is 26.0 Å². The molecule has 1 amide bonds. The smallest absolute Gasteiger partial charge is 0.265 e. The van der Waals surface area contributed by atoms with Gasteiger partial charge in [-0.05, 0) is 24.3 Å². The highest BCUT2D eigenvalue weighted by Crippen LogP contribution is 2.29. The number of nitrogens with zero attached hydrogens (tertiary/aromatic N) is 3. The third-order valence-electron chi connectivity index (χ3n) is 4.58. The van der Waals surface area contributed by atoms with E-state index in [9.17, 15) is 21.6 Å². The largest absolute Gasteiger partial charge is 0.364 e. The molecule has 158 valence electrons. The average molecular weight is 481 g/mol. The average Bonchev–Trinajstić information content (AvgIpc) is 3.06. The van der Waals surface area contributed by atoms with Crippen molar-refractivity contribution in [3.63, 3.8) is 0 Å². The van der Waals surface area contributed by atoms with Gasteiger partial charge in [-0.25, -0.2) is 16.8 Å². The van der Waals surface area contributed by atoms with E-state index in [0.29, 0.717) is 0 Å². The Labute approximate surface area is 178 Å². The molecular formula is C16H18Cl2N4O5S2. The molecule has 13 heteroatoms. The zero-order chi connectivity index (χ0) is 21.6. The number of halogens is 2. The van der Waals surface area contributed by atoms with E-state index in [1.54, 1.807) is 0 Å². The molecule has 0 bridgehead atoms. The van der Waals surface area contributed by atoms with Crippen molar-refractivity contribution in [1.29, 1.82) is 0 Å². The maximum atomic E-state index is 12.9. The van der Waals surface area contributed by atoms with Gasteiger partial charge in [-0.3, -0.25) is 4.79 Å². The van der Waals surface area contributed by atoms with E-state index in [1.165, 1.54) is 46.4 Å². The minimum atomic E-state index is -3.93. The molecule has 1 saturated heterocycles. The van der Waals surface area contributed by atoms with E-state index in [4.69, 9.17) is 28.9 Å².